The third-order valence-corrected chi connectivity index (χ3v) is 3.04. The van der Waals surface area contributed by atoms with Crippen LogP contribution in [0.1, 0.15) is 12.0 Å². The van der Waals surface area contributed by atoms with Crippen LogP contribution < -0.4 is 0 Å². The fraction of sp³-hybridized carbons (Fsp3) is 0.462. The molecule has 1 aromatic rings. The van der Waals surface area contributed by atoms with Crippen LogP contribution in [0.2, 0.25) is 0 Å². The van der Waals surface area contributed by atoms with Gasteiger partial charge in [-0.1, -0.05) is 6.07 Å². The Morgan fingerprint density at radius 3 is 3.05 bits per heavy atom. The highest BCUT2D eigenvalue weighted by molar-refractivity contribution is 5.78. The van der Waals surface area contributed by atoms with Crippen molar-refractivity contribution in [3.8, 4) is 0 Å². The number of hydrogen-bond donors (Lipinski definition) is 1. The second-order valence-electron chi connectivity index (χ2n) is 4.40. The fourth-order valence-corrected chi connectivity index (χ4v) is 1.98. The van der Waals surface area contributed by atoms with Crippen molar-refractivity contribution in [1.29, 1.82) is 0 Å². The van der Waals surface area contributed by atoms with Crippen LogP contribution in [-0.4, -0.2) is 52.7 Å². The Morgan fingerprint density at radius 1 is 1.53 bits per heavy atom. The normalized spacial score (nSPS) is 19.2. The van der Waals surface area contributed by atoms with E-state index in [0.717, 1.165) is 5.56 Å². The van der Waals surface area contributed by atoms with Crippen LogP contribution >= 0.6 is 0 Å². The summed E-state index contributed by atoms with van der Waals surface area (Å²) in [5, 5.41) is 8.87. The number of carboxylic acids is 1. The van der Waals surface area contributed by atoms with Crippen LogP contribution in [0.5, 0.6) is 0 Å². The van der Waals surface area contributed by atoms with E-state index in [1.807, 2.05) is 12.1 Å². The molecule has 102 valence electrons. The lowest BCUT2D eigenvalue weighted by Gasteiger charge is -2.30. The molecule has 0 radical (unpaired) electrons. The topological polar surface area (TPSA) is 79.7 Å². The molecule has 2 rings (SSSR count). The molecule has 19 heavy (non-hydrogen) atoms. The van der Waals surface area contributed by atoms with E-state index in [4.69, 9.17) is 9.84 Å². The van der Waals surface area contributed by atoms with E-state index < -0.39 is 12.1 Å². The molecule has 0 aliphatic carbocycles. The second-order valence-corrected chi connectivity index (χ2v) is 4.40. The molecule has 6 heteroatoms. The highest BCUT2D eigenvalue weighted by Crippen LogP contribution is 2.09. The Hall–Kier alpha value is -1.95. The average Bonchev–Trinajstić information content (AvgIpc) is 2.46. The lowest BCUT2D eigenvalue weighted by Crippen LogP contribution is -2.48. The van der Waals surface area contributed by atoms with E-state index in [2.05, 4.69) is 4.98 Å². The van der Waals surface area contributed by atoms with Gasteiger partial charge in [-0.2, -0.15) is 0 Å². The van der Waals surface area contributed by atoms with Gasteiger partial charge in [0.1, 0.15) is 0 Å². The third-order valence-electron chi connectivity index (χ3n) is 3.04. The summed E-state index contributed by atoms with van der Waals surface area (Å²) >= 11 is 0. The van der Waals surface area contributed by atoms with Crippen molar-refractivity contribution in [3.05, 3.63) is 30.1 Å². The minimum Gasteiger partial charge on any atom is -0.479 e. The molecule has 1 amide bonds. The lowest BCUT2D eigenvalue weighted by atomic mass is 10.1. The van der Waals surface area contributed by atoms with Crippen LogP contribution in [0.3, 0.4) is 0 Å². The van der Waals surface area contributed by atoms with Crippen LogP contribution in [-0.2, 0) is 20.7 Å². The summed E-state index contributed by atoms with van der Waals surface area (Å²) in [4.78, 5) is 28.4. The molecule has 1 aliphatic rings. The summed E-state index contributed by atoms with van der Waals surface area (Å²) in [6, 6.07) is 3.74. The monoisotopic (exact) mass is 264 g/mol. The van der Waals surface area contributed by atoms with Crippen molar-refractivity contribution in [2.45, 2.75) is 18.9 Å². The molecule has 1 unspecified atom stereocenters. The summed E-state index contributed by atoms with van der Waals surface area (Å²) in [6.07, 6.45) is 3.48. The van der Waals surface area contributed by atoms with Crippen LogP contribution in [0.4, 0.5) is 0 Å². The first-order valence-electron chi connectivity index (χ1n) is 6.18. The molecule has 0 bridgehead atoms. The van der Waals surface area contributed by atoms with Gasteiger partial charge >= 0.3 is 5.97 Å². The summed E-state index contributed by atoms with van der Waals surface area (Å²) in [5.41, 5.74) is 0.999. The van der Waals surface area contributed by atoms with Crippen molar-refractivity contribution in [3.63, 3.8) is 0 Å². The zero-order valence-electron chi connectivity index (χ0n) is 10.5. The molecule has 1 aliphatic heterocycles. The Bertz CT molecular complexity index is 449. The predicted molar refractivity (Wildman–Crippen MR) is 66.5 cm³/mol. The number of aryl methyl sites for hydroxylation is 1. The number of morpholine rings is 1. The van der Waals surface area contributed by atoms with Gasteiger partial charge in [-0.3, -0.25) is 9.78 Å². The number of nitrogens with zero attached hydrogens (tertiary/aromatic N) is 2. The maximum Gasteiger partial charge on any atom is 0.334 e. The van der Waals surface area contributed by atoms with Gasteiger partial charge in [0.15, 0.2) is 6.10 Å². The molecule has 0 saturated carbocycles. The lowest BCUT2D eigenvalue weighted by molar-refractivity contribution is -0.159. The smallest absolute Gasteiger partial charge is 0.334 e. The number of hydrogen-bond acceptors (Lipinski definition) is 4. The van der Waals surface area contributed by atoms with Gasteiger partial charge < -0.3 is 14.7 Å². The number of aliphatic carboxylic acids is 1. The van der Waals surface area contributed by atoms with Gasteiger partial charge in [0.2, 0.25) is 5.91 Å². The maximum atomic E-state index is 12.0. The first-order chi connectivity index (χ1) is 9.16. The van der Waals surface area contributed by atoms with Gasteiger partial charge in [0.25, 0.3) is 0 Å². The number of amides is 1. The van der Waals surface area contributed by atoms with E-state index in [1.54, 1.807) is 17.3 Å². The first kappa shape index (κ1) is 13.5. The molecule has 1 N–H and O–H groups in total. The van der Waals surface area contributed by atoms with Crippen molar-refractivity contribution in [2.75, 3.05) is 19.7 Å². The number of pyridine rings is 1. The summed E-state index contributed by atoms with van der Waals surface area (Å²) in [7, 11) is 0. The van der Waals surface area contributed by atoms with Crippen molar-refractivity contribution in [1.82, 2.24) is 9.88 Å². The number of ether oxygens (including phenoxy) is 1. The standard InChI is InChI=1S/C13H16N2O4/c16-12(4-3-10-2-1-5-14-8-10)15-6-7-19-11(9-15)13(17)18/h1-2,5,8,11H,3-4,6-7,9H2,(H,17,18). The molecular formula is C13H16N2O4. The molecule has 0 aromatic carbocycles. The van der Waals surface area contributed by atoms with Crippen LogP contribution in [0.25, 0.3) is 0 Å². The van der Waals surface area contributed by atoms with E-state index in [0.29, 0.717) is 19.4 Å². The molecule has 1 fully saturated rings. The van der Waals surface area contributed by atoms with Gasteiger partial charge in [0.05, 0.1) is 13.2 Å². The van der Waals surface area contributed by atoms with Gasteiger partial charge in [-0.25, -0.2) is 4.79 Å². The Morgan fingerprint density at radius 2 is 2.37 bits per heavy atom. The largest absolute Gasteiger partial charge is 0.479 e. The van der Waals surface area contributed by atoms with Crippen molar-refractivity contribution < 1.29 is 19.4 Å². The minimum atomic E-state index is -1.02. The number of carboxylic acid groups (broad SMARTS) is 1. The molecule has 1 atom stereocenters. The highest BCUT2D eigenvalue weighted by Gasteiger charge is 2.28. The highest BCUT2D eigenvalue weighted by atomic mass is 16.5. The molecule has 1 saturated heterocycles. The van der Waals surface area contributed by atoms with Crippen molar-refractivity contribution in [2.24, 2.45) is 0 Å². The fourth-order valence-electron chi connectivity index (χ4n) is 1.98. The Labute approximate surface area is 111 Å². The Balaban J connectivity index is 1.84. The van der Waals surface area contributed by atoms with Crippen LogP contribution in [0.15, 0.2) is 24.5 Å². The number of carbonyl (C=O) groups is 2. The Kier molecular flexibility index (Phi) is 4.46. The first-order valence-corrected chi connectivity index (χ1v) is 6.18. The summed E-state index contributed by atoms with van der Waals surface area (Å²) in [6.45, 7) is 0.854. The molecular weight excluding hydrogens is 248 g/mol. The van der Waals surface area contributed by atoms with Gasteiger partial charge in [-0.05, 0) is 18.1 Å². The summed E-state index contributed by atoms with van der Waals surface area (Å²) in [5.74, 6) is -1.07. The second kappa shape index (κ2) is 6.29. The molecule has 6 nitrogen and oxygen atoms in total. The van der Waals surface area contributed by atoms with E-state index in [9.17, 15) is 9.59 Å². The number of aromatic nitrogens is 1. The molecule has 1 aromatic heterocycles. The number of carbonyl (C=O) groups excluding carboxylic acids is 1. The summed E-state index contributed by atoms with van der Waals surface area (Å²) < 4.78 is 5.08. The molecule has 0 spiro atoms. The van der Waals surface area contributed by atoms with Crippen LogP contribution in [0, 0.1) is 0 Å². The van der Waals surface area contributed by atoms with E-state index in [1.165, 1.54) is 0 Å². The zero-order valence-corrected chi connectivity index (χ0v) is 10.5. The van der Waals surface area contributed by atoms with Crippen molar-refractivity contribution >= 4 is 11.9 Å². The van der Waals surface area contributed by atoms with E-state index in [-0.39, 0.29) is 19.1 Å². The predicted octanol–water partition coefficient (Wildman–Crippen LogP) is 0.326. The SMILES string of the molecule is O=C(O)C1CN(C(=O)CCc2cccnc2)CCO1. The quantitative estimate of drug-likeness (QED) is 0.847. The minimum absolute atomic E-state index is 0.0431. The third kappa shape index (κ3) is 3.75. The number of rotatable bonds is 4. The van der Waals surface area contributed by atoms with Gasteiger partial charge in [-0.15, -0.1) is 0 Å². The zero-order chi connectivity index (χ0) is 13.7. The van der Waals surface area contributed by atoms with Gasteiger partial charge in [0, 0.05) is 25.4 Å². The van der Waals surface area contributed by atoms with E-state index >= 15 is 0 Å². The molecule has 2 heterocycles. The average molecular weight is 264 g/mol. The maximum absolute atomic E-state index is 12.0.